The van der Waals surface area contributed by atoms with Gasteiger partial charge in [0, 0.05) is 12.0 Å². The Labute approximate surface area is 111 Å². The number of ketones is 1. The fraction of sp³-hybridized carbons (Fsp3) is 0.400. The summed E-state index contributed by atoms with van der Waals surface area (Å²) in [5, 5.41) is 0. The molecule has 0 bridgehead atoms. The molecule has 0 amide bonds. The standard InChI is InChI=1S/C15H16O4/c1-10(7-8-16)15(14(18)19-2)9-11-5-3-4-6-12(11)13(15)17/h3-6,8,10H,7,9H2,1-2H3. The lowest BCUT2D eigenvalue weighted by atomic mass is 9.71. The average Bonchev–Trinajstić information content (AvgIpc) is 2.73. The van der Waals surface area contributed by atoms with E-state index in [4.69, 9.17) is 4.74 Å². The zero-order valence-electron chi connectivity index (χ0n) is 11.0. The van der Waals surface area contributed by atoms with Gasteiger partial charge in [-0.2, -0.15) is 0 Å². The smallest absolute Gasteiger partial charge is 0.320 e. The van der Waals surface area contributed by atoms with Crippen molar-refractivity contribution in [3.05, 3.63) is 35.4 Å². The van der Waals surface area contributed by atoms with Crippen molar-refractivity contribution in [1.82, 2.24) is 0 Å². The quantitative estimate of drug-likeness (QED) is 0.470. The predicted octanol–water partition coefficient (Wildman–Crippen LogP) is 1.81. The number of Topliss-reactive ketones (excluding diaryl/α,β-unsaturated/α-hetero) is 1. The molecule has 4 heteroatoms. The molecule has 19 heavy (non-hydrogen) atoms. The number of ether oxygens (including phenoxy) is 1. The van der Waals surface area contributed by atoms with Crippen LogP contribution in [0.5, 0.6) is 0 Å². The van der Waals surface area contributed by atoms with Gasteiger partial charge in [0.25, 0.3) is 0 Å². The fourth-order valence-corrected chi connectivity index (χ4v) is 2.81. The predicted molar refractivity (Wildman–Crippen MR) is 68.8 cm³/mol. The van der Waals surface area contributed by atoms with Crippen molar-refractivity contribution in [2.24, 2.45) is 11.3 Å². The fourth-order valence-electron chi connectivity index (χ4n) is 2.81. The Balaban J connectivity index is 2.51. The molecule has 4 nitrogen and oxygen atoms in total. The van der Waals surface area contributed by atoms with Gasteiger partial charge in [0.15, 0.2) is 5.78 Å². The van der Waals surface area contributed by atoms with E-state index in [1.165, 1.54) is 7.11 Å². The molecule has 0 fully saturated rings. The minimum Gasteiger partial charge on any atom is -0.468 e. The number of hydrogen-bond donors (Lipinski definition) is 0. The third-order valence-electron chi connectivity index (χ3n) is 3.98. The lowest BCUT2D eigenvalue weighted by Gasteiger charge is -2.29. The number of carbonyl (C=O) groups excluding carboxylic acids is 3. The lowest BCUT2D eigenvalue weighted by molar-refractivity contribution is -0.152. The molecule has 2 rings (SSSR count). The number of hydrogen-bond acceptors (Lipinski definition) is 4. The highest BCUT2D eigenvalue weighted by atomic mass is 16.5. The number of rotatable bonds is 4. The van der Waals surface area contributed by atoms with E-state index in [2.05, 4.69) is 0 Å². The topological polar surface area (TPSA) is 60.4 Å². The van der Waals surface area contributed by atoms with E-state index in [1.54, 1.807) is 19.1 Å². The van der Waals surface area contributed by atoms with Gasteiger partial charge in [0.05, 0.1) is 7.11 Å². The van der Waals surface area contributed by atoms with Crippen LogP contribution in [0, 0.1) is 11.3 Å². The molecule has 0 aromatic heterocycles. The van der Waals surface area contributed by atoms with Gasteiger partial charge < -0.3 is 9.53 Å². The van der Waals surface area contributed by atoms with Gasteiger partial charge in [-0.1, -0.05) is 31.2 Å². The molecule has 1 aromatic carbocycles. The number of esters is 1. The third-order valence-corrected chi connectivity index (χ3v) is 3.98. The second-order valence-corrected chi connectivity index (χ2v) is 4.93. The summed E-state index contributed by atoms with van der Waals surface area (Å²) in [5.41, 5.74) is 0.153. The van der Waals surface area contributed by atoms with E-state index in [1.807, 2.05) is 12.1 Å². The SMILES string of the molecule is COC(=O)C1(C(C)CC=O)Cc2ccccc2C1=O. The Kier molecular flexibility index (Phi) is 3.51. The van der Waals surface area contributed by atoms with E-state index < -0.39 is 11.4 Å². The second-order valence-electron chi connectivity index (χ2n) is 4.93. The third kappa shape index (κ3) is 1.87. The first-order chi connectivity index (χ1) is 9.07. The summed E-state index contributed by atoms with van der Waals surface area (Å²) < 4.78 is 4.83. The summed E-state index contributed by atoms with van der Waals surface area (Å²) in [5.74, 6) is -1.16. The van der Waals surface area contributed by atoms with Crippen molar-refractivity contribution in [3.8, 4) is 0 Å². The minimum absolute atomic E-state index is 0.162. The van der Waals surface area contributed by atoms with Crippen molar-refractivity contribution in [3.63, 3.8) is 0 Å². The van der Waals surface area contributed by atoms with Gasteiger partial charge in [-0.3, -0.25) is 9.59 Å². The summed E-state index contributed by atoms with van der Waals surface area (Å²) in [6.45, 7) is 1.75. The van der Waals surface area contributed by atoms with Crippen LogP contribution < -0.4 is 0 Å². The minimum atomic E-state index is -1.25. The first-order valence-electron chi connectivity index (χ1n) is 6.22. The number of methoxy groups -OCH3 is 1. The van der Waals surface area contributed by atoms with Crippen LogP contribution >= 0.6 is 0 Å². The van der Waals surface area contributed by atoms with E-state index in [-0.39, 0.29) is 18.1 Å². The molecule has 0 saturated heterocycles. The second kappa shape index (κ2) is 4.96. The Bertz CT molecular complexity index is 535. The maximum Gasteiger partial charge on any atom is 0.320 e. The molecule has 1 aliphatic rings. The molecule has 1 aromatic rings. The van der Waals surface area contributed by atoms with Crippen LogP contribution in [0.3, 0.4) is 0 Å². The molecule has 2 unspecified atom stereocenters. The Morgan fingerprint density at radius 1 is 1.47 bits per heavy atom. The van der Waals surface area contributed by atoms with E-state index in [9.17, 15) is 14.4 Å². The summed E-state index contributed by atoms with van der Waals surface area (Å²) >= 11 is 0. The van der Waals surface area contributed by atoms with Crippen LogP contribution in [0.2, 0.25) is 0 Å². The molecule has 0 spiro atoms. The number of fused-ring (bicyclic) bond motifs is 1. The normalized spacial score (nSPS) is 22.7. The maximum absolute atomic E-state index is 12.6. The van der Waals surface area contributed by atoms with Gasteiger partial charge in [-0.15, -0.1) is 0 Å². The van der Waals surface area contributed by atoms with Gasteiger partial charge in [-0.05, 0) is 17.9 Å². The molecule has 0 saturated carbocycles. The largest absolute Gasteiger partial charge is 0.468 e. The molecule has 0 N–H and O–H groups in total. The van der Waals surface area contributed by atoms with Gasteiger partial charge >= 0.3 is 5.97 Å². The van der Waals surface area contributed by atoms with E-state index in [0.29, 0.717) is 12.0 Å². The van der Waals surface area contributed by atoms with E-state index in [0.717, 1.165) is 11.8 Å². The molecule has 100 valence electrons. The van der Waals surface area contributed by atoms with Gasteiger partial charge in [0.1, 0.15) is 11.7 Å². The monoisotopic (exact) mass is 260 g/mol. The van der Waals surface area contributed by atoms with Crippen molar-refractivity contribution in [2.45, 2.75) is 19.8 Å². The molecule has 2 atom stereocenters. The summed E-state index contributed by atoms with van der Waals surface area (Å²) in [6.07, 6.45) is 1.21. The van der Waals surface area contributed by atoms with Gasteiger partial charge in [-0.25, -0.2) is 0 Å². The van der Waals surface area contributed by atoms with Gasteiger partial charge in [0.2, 0.25) is 0 Å². The average molecular weight is 260 g/mol. The Hall–Kier alpha value is -1.97. The number of carbonyl (C=O) groups is 3. The first kappa shape index (κ1) is 13.5. The van der Waals surface area contributed by atoms with E-state index >= 15 is 0 Å². The van der Waals surface area contributed by atoms with Crippen LogP contribution in [0.25, 0.3) is 0 Å². The molecular formula is C15H16O4. The van der Waals surface area contributed by atoms with Crippen LogP contribution in [-0.4, -0.2) is 25.1 Å². The highest BCUT2D eigenvalue weighted by molar-refractivity contribution is 6.16. The van der Waals surface area contributed by atoms with Crippen LogP contribution in [-0.2, 0) is 20.7 Å². The Morgan fingerprint density at radius 2 is 2.16 bits per heavy atom. The zero-order valence-corrected chi connectivity index (χ0v) is 11.0. The van der Waals surface area contributed by atoms with Crippen LogP contribution in [0.1, 0.15) is 29.3 Å². The number of benzene rings is 1. The van der Waals surface area contributed by atoms with Crippen LogP contribution in [0.15, 0.2) is 24.3 Å². The summed E-state index contributed by atoms with van der Waals surface area (Å²) in [7, 11) is 1.27. The summed E-state index contributed by atoms with van der Waals surface area (Å²) in [6, 6.07) is 7.17. The highest BCUT2D eigenvalue weighted by Gasteiger charge is 2.55. The maximum atomic E-state index is 12.6. The molecule has 0 aliphatic heterocycles. The lowest BCUT2D eigenvalue weighted by Crippen LogP contribution is -2.44. The molecule has 1 aliphatic carbocycles. The van der Waals surface area contributed by atoms with Crippen LogP contribution in [0.4, 0.5) is 0 Å². The van der Waals surface area contributed by atoms with Crippen molar-refractivity contribution in [2.75, 3.05) is 7.11 Å². The van der Waals surface area contributed by atoms with Crippen molar-refractivity contribution >= 4 is 18.0 Å². The first-order valence-corrected chi connectivity index (χ1v) is 6.22. The Morgan fingerprint density at radius 3 is 2.74 bits per heavy atom. The van der Waals surface area contributed by atoms with Crippen molar-refractivity contribution in [1.29, 1.82) is 0 Å². The summed E-state index contributed by atoms with van der Waals surface area (Å²) in [4.78, 5) is 35.5. The number of aldehydes is 1. The van der Waals surface area contributed by atoms with Crippen molar-refractivity contribution < 1.29 is 19.1 Å². The molecule has 0 radical (unpaired) electrons. The molecular weight excluding hydrogens is 244 g/mol. The zero-order chi connectivity index (χ0) is 14.0. The molecule has 0 heterocycles. The highest BCUT2D eigenvalue weighted by Crippen LogP contribution is 2.44.